The van der Waals surface area contributed by atoms with Gasteiger partial charge in [-0.3, -0.25) is 9.59 Å². The molecule has 1 saturated heterocycles. The maximum absolute atomic E-state index is 12.7. The number of carbonyl (C=O) groups excluding carboxylic acids is 3. The van der Waals surface area contributed by atoms with E-state index in [1.807, 2.05) is 0 Å². The van der Waals surface area contributed by atoms with Gasteiger partial charge in [0.05, 0.1) is 11.5 Å². The third-order valence-electron chi connectivity index (χ3n) is 8.26. The molecular formula is C32H40N3O5. The lowest BCUT2D eigenvalue weighted by Crippen LogP contribution is -2.48. The number of nitrogens with one attached hydrogen (secondary N) is 1. The third kappa shape index (κ3) is 6.29. The summed E-state index contributed by atoms with van der Waals surface area (Å²) >= 11 is 0. The highest BCUT2D eigenvalue weighted by Gasteiger charge is 2.56. The van der Waals surface area contributed by atoms with Gasteiger partial charge in [0, 0.05) is 32.0 Å². The number of aryl methyl sites for hydroxylation is 2. The van der Waals surface area contributed by atoms with Crippen molar-refractivity contribution in [3.8, 4) is 0 Å². The first-order valence-electron chi connectivity index (χ1n) is 14.0. The molecule has 1 heterocycles. The first kappa shape index (κ1) is 29.5. The zero-order valence-corrected chi connectivity index (χ0v) is 24.2. The Balaban J connectivity index is 1.27. The van der Waals surface area contributed by atoms with Gasteiger partial charge in [0.15, 0.2) is 0 Å². The monoisotopic (exact) mass is 546 g/mol. The van der Waals surface area contributed by atoms with Crippen molar-refractivity contribution in [3.05, 3.63) is 76.9 Å². The van der Waals surface area contributed by atoms with Gasteiger partial charge in [-0.25, -0.2) is 4.79 Å². The molecule has 2 aliphatic rings. The molecule has 1 unspecified atom stereocenters. The molecule has 1 aliphatic carbocycles. The van der Waals surface area contributed by atoms with Crippen molar-refractivity contribution in [2.24, 2.45) is 5.92 Å². The zero-order valence-electron chi connectivity index (χ0n) is 24.2. The molecule has 0 bridgehead atoms. The molecule has 2 aromatic rings. The summed E-state index contributed by atoms with van der Waals surface area (Å²) in [6, 6.07) is 17.0. The fourth-order valence-electron chi connectivity index (χ4n) is 5.93. The smallest absolute Gasteiger partial charge is 0.337 e. The van der Waals surface area contributed by atoms with Crippen LogP contribution in [0.5, 0.6) is 0 Å². The van der Waals surface area contributed by atoms with Gasteiger partial charge in [0.2, 0.25) is 5.91 Å². The molecule has 2 aromatic carbocycles. The summed E-state index contributed by atoms with van der Waals surface area (Å²) in [7, 11) is 1.73. The van der Waals surface area contributed by atoms with Crippen LogP contribution in [-0.2, 0) is 37.3 Å². The number of amides is 2. The maximum atomic E-state index is 12.7. The van der Waals surface area contributed by atoms with E-state index in [0.29, 0.717) is 19.4 Å². The summed E-state index contributed by atoms with van der Waals surface area (Å²) in [5.74, 6) is -2.04. The van der Waals surface area contributed by atoms with Crippen LogP contribution in [0.15, 0.2) is 54.6 Å². The molecule has 1 radical (unpaired) electrons. The van der Waals surface area contributed by atoms with Crippen LogP contribution < -0.4 is 5.48 Å². The maximum Gasteiger partial charge on any atom is 0.337 e. The topological polar surface area (TPSA) is 98.8 Å². The van der Waals surface area contributed by atoms with E-state index in [4.69, 9.17) is 4.84 Å². The minimum absolute atomic E-state index is 0.00157. The highest BCUT2D eigenvalue weighted by Crippen LogP contribution is 2.44. The van der Waals surface area contributed by atoms with E-state index in [1.165, 1.54) is 27.8 Å². The largest absolute Gasteiger partial charge is 0.345 e. The molecule has 4 rings (SSSR count). The van der Waals surface area contributed by atoms with Crippen LogP contribution in [0.25, 0.3) is 5.57 Å². The lowest BCUT2D eigenvalue weighted by atomic mass is 9.87. The molecule has 213 valence electrons. The fraction of sp³-hybridized carbons (Fsp3) is 0.469. The Labute approximate surface area is 236 Å². The van der Waals surface area contributed by atoms with Gasteiger partial charge in [-0.05, 0) is 81.2 Å². The number of carbonyl (C=O) groups is 3. The second-order valence-corrected chi connectivity index (χ2v) is 12.0. The van der Waals surface area contributed by atoms with E-state index < -0.39 is 28.9 Å². The SMILES string of the molecule is CN(CCC=C1c2ccccc2CCc2ccccc21)C(=O)CCC(=O)NOC(=O)C1CC(C)(C)N([O])C1(C)C. The van der Waals surface area contributed by atoms with Crippen LogP contribution in [0.4, 0.5) is 0 Å². The van der Waals surface area contributed by atoms with Crippen molar-refractivity contribution in [1.82, 2.24) is 15.4 Å². The Kier molecular flexibility index (Phi) is 8.80. The number of hydrogen-bond donors (Lipinski definition) is 1. The first-order valence-corrected chi connectivity index (χ1v) is 14.0. The molecule has 0 spiro atoms. The van der Waals surface area contributed by atoms with Crippen molar-refractivity contribution in [2.75, 3.05) is 13.6 Å². The van der Waals surface area contributed by atoms with E-state index in [1.54, 1.807) is 39.6 Å². The number of rotatable bonds is 7. The average Bonchev–Trinajstić information content (AvgIpc) is 3.04. The van der Waals surface area contributed by atoms with Crippen LogP contribution in [0.1, 0.15) is 75.6 Å². The Morgan fingerprint density at radius 1 is 0.975 bits per heavy atom. The van der Waals surface area contributed by atoms with Crippen LogP contribution >= 0.6 is 0 Å². The van der Waals surface area contributed by atoms with Gasteiger partial charge < -0.3 is 9.74 Å². The summed E-state index contributed by atoms with van der Waals surface area (Å²) in [6.45, 7) is 7.46. The molecule has 40 heavy (non-hydrogen) atoms. The molecular weight excluding hydrogens is 506 g/mol. The fourth-order valence-corrected chi connectivity index (χ4v) is 5.93. The minimum atomic E-state index is -0.944. The highest BCUT2D eigenvalue weighted by atomic mass is 16.7. The summed E-state index contributed by atoms with van der Waals surface area (Å²) in [5.41, 5.74) is 6.83. The molecule has 1 fully saturated rings. The molecule has 2 amide bonds. The number of fused-ring (bicyclic) bond motifs is 2. The van der Waals surface area contributed by atoms with Crippen molar-refractivity contribution >= 4 is 23.4 Å². The zero-order chi connectivity index (χ0) is 29.1. The van der Waals surface area contributed by atoms with Crippen molar-refractivity contribution in [1.29, 1.82) is 0 Å². The summed E-state index contributed by atoms with van der Waals surface area (Å²) < 4.78 is 0. The predicted molar refractivity (Wildman–Crippen MR) is 152 cm³/mol. The van der Waals surface area contributed by atoms with E-state index in [-0.39, 0.29) is 18.7 Å². The Morgan fingerprint density at radius 3 is 2.10 bits per heavy atom. The van der Waals surface area contributed by atoms with E-state index in [2.05, 4.69) is 60.1 Å². The molecule has 1 N–H and O–H groups in total. The van der Waals surface area contributed by atoms with Gasteiger partial charge >= 0.3 is 5.97 Å². The summed E-state index contributed by atoms with van der Waals surface area (Å²) in [6.07, 6.45) is 5.09. The van der Waals surface area contributed by atoms with Gasteiger partial charge in [-0.2, -0.15) is 5.48 Å². The Morgan fingerprint density at radius 2 is 1.55 bits per heavy atom. The second kappa shape index (κ2) is 11.9. The molecule has 0 saturated carbocycles. The minimum Gasteiger partial charge on any atom is -0.345 e. The van der Waals surface area contributed by atoms with Crippen LogP contribution in [0, 0.1) is 5.92 Å². The summed E-state index contributed by atoms with van der Waals surface area (Å²) in [4.78, 5) is 44.2. The van der Waals surface area contributed by atoms with Crippen molar-refractivity contribution in [3.63, 3.8) is 0 Å². The van der Waals surface area contributed by atoms with Gasteiger partial charge in [-0.15, -0.1) is 10.3 Å². The molecule has 8 heteroatoms. The Hall–Kier alpha value is -3.49. The summed E-state index contributed by atoms with van der Waals surface area (Å²) in [5, 5.41) is 13.4. The first-order chi connectivity index (χ1) is 18.9. The number of hydrogen-bond acceptors (Lipinski definition) is 5. The lowest BCUT2D eigenvalue weighted by Gasteiger charge is -2.32. The molecule has 1 aliphatic heterocycles. The van der Waals surface area contributed by atoms with Gasteiger partial charge in [0.25, 0.3) is 5.91 Å². The highest BCUT2D eigenvalue weighted by molar-refractivity contribution is 5.85. The quantitative estimate of drug-likeness (QED) is 0.510. The van der Waals surface area contributed by atoms with Crippen molar-refractivity contribution in [2.45, 2.75) is 77.3 Å². The van der Waals surface area contributed by atoms with E-state index in [9.17, 15) is 19.6 Å². The average molecular weight is 547 g/mol. The van der Waals surface area contributed by atoms with Crippen LogP contribution in [0.2, 0.25) is 0 Å². The lowest BCUT2D eigenvalue weighted by molar-refractivity contribution is -0.249. The number of benzene rings is 2. The van der Waals surface area contributed by atoms with Gasteiger partial charge in [-0.1, -0.05) is 54.6 Å². The number of nitrogens with zero attached hydrogens (tertiary/aromatic N) is 2. The van der Waals surface area contributed by atoms with Crippen LogP contribution in [0.3, 0.4) is 0 Å². The molecule has 8 nitrogen and oxygen atoms in total. The van der Waals surface area contributed by atoms with Crippen molar-refractivity contribution < 1.29 is 24.4 Å². The molecule has 1 atom stereocenters. The Bertz CT molecular complexity index is 1250. The normalized spacial score (nSPS) is 19.1. The van der Waals surface area contributed by atoms with E-state index >= 15 is 0 Å². The number of hydroxylamine groups is 3. The van der Waals surface area contributed by atoms with E-state index in [0.717, 1.165) is 17.9 Å². The predicted octanol–water partition coefficient (Wildman–Crippen LogP) is 4.64. The second-order valence-electron chi connectivity index (χ2n) is 12.0. The third-order valence-corrected chi connectivity index (χ3v) is 8.26. The van der Waals surface area contributed by atoms with Crippen LogP contribution in [-0.4, -0.2) is 52.4 Å². The standard InChI is InChI=1S/C32H40N3O5/c1-31(2)21-27(32(3,4)35(31)39)30(38)40-33-28(36)18-19-29(37)34(5)20-10-15-26-24-13-8-6-11-22(24)16-17-23-12-7-9-14-25(23)26/h6-9,11-15,27H,10,16-21H2,1-5H3,(H,33,36). The van der Waals surface area contributed by atoms with Gasteiger partial charge in [0.1, 0.15) is 0 Å². The molecule has 0 aromatic heterocycles.